The second-order valence-electron chi connectivity index (χ2n) is 5.62. The summed E-state index contributed by atoms with van der Waals surface area (Å²) in [6.45, 7) is 0. The molecule has 2 N–H and O–H groups in total. The second kappa shape index (κ2) is 9.40. The van der Waals surface area contributed by atoms with Crippen LogP contribution in [0.4, 0.5) is 0 Å². The van der Waals surface area contributed by atoms with Crippen molar-refractivity contribution in [3.8, 4) is 17.2 Å². The molecule has 1 rings (SSSR count). The topological polar surface area (TPSA) is 136 Å². The minimum Gasteiger partial charge on any atom is -0.493 e. The van der Waals surface area contributed by atoms with Gasteiger partial charge in [0.25, 0.3) is 20.2 Å². The molecule has 9 nitrogen and oxygen atoms in total. The Morgan fingerprint density at radius 2 is 1.54 bits per heavy atom. The summed E-state index contributed by atoms with van der Waals surface area (Å²) in [4.78, 5) is 0. The van der Waals surface area contributed by atoms with Gasteiger partial charge in [-0.05, 0) is 30.9 Å². The highest BCUT2D eigenvalue weighted by atomic mass is 32.2. The molecule has 0 bridgehead atoms. The fourth-order valence-electron chi connectivity index (χ4n) is 2.60. The lowest BCUT2D eigenvalue weighted by Crippen LogP contribution is -2.29. The van der Waals surface area contributed by atoms with E-state index in [4.69, 9.17) is 23.3 Å². The molecule has 26 heavy (non-hydrogen) atoms. The maximum Gasteiger partial charge on any atom is 0.268 e. The first kappa shape index (κ1) is 22.5. The van der Waals surface area contributed by atoms with Gasteiger partial charge in [-0.15, -0.1) is 0 Å². The number of ether oxygens (including phenoxy) is 3. The summed E-state index contributed by atoms with van der Waals surface area (Å²) in [7, 11) is -4.62. The van der Waals surface area contributed by atoms with Gasteiger partial charge in [0.1, 0.15) is 5.25 Å². The maximum absolute atomic E-state index is 11.3. The molecule has 1 aromatic carbocycles. The van der Waals surface area contributed by atoms with Crippen molar-refractivity contribution in [1.29, 1.82) is 0 Å². The molecule has 0 aromatic heterocycles. The van der Waals surface area contributed by atoms with Gasteiger partial charge in [0.05, 0.1) is 27.1 Å². The Kier molecular flexibility index (Phi) is 8.13. The fraction of sp³-hybridized carbons (Fsp3) is 0.600. The van der Waals surface area contributed by atoms with Gasteiger partial charge in [-0.2, -0.15) is 16.8 Å². The van der Waals surface area contributed by atoms with Gasteiger partial charge in [0.15, 0.2) is 11.5 Å². The monoisotopic (exact) mass is 412 g/mol. The van der Waals surface area contributed by atoms with Crippen molar-refractivity contribution in [2.24, 2.45) is 0 Å². The lowest BCUT2D eigenvalue weighted by Gasteiger charge is -2.16. The van der Waals surface area contributed by atoms with Crippen molar-refractivity contribution >= 4 is 20.2 Å². The molecule has 0 aliphatic carbocycles. The summed E-state index contributed by atoms with van der Waals surface area (Å²) in [6, 6.07) is 3.51. The number of hydrogen-bond donors (Lipinski definition) is 2. The number of benzene rings is 1. The minimum atomic E-state index is -4.58. The molecule has 150 valence electrons. The van der Waals surface area contributed by atoms with Crippen LogP contribution in [-0.2, 0) is 26.7 Å². The van der Waals surface area contributed by atoms with Crippen LogP contribution in [0.15, 0.2) is 12.1 Å². The van der Waals surface area contributed by atoms with E-state index < -0.39 is 31.2 Å². The molecule has 0 aliphatic rings. The predicted molar refractivity (Wildman–Crippen MR) is 95.4 cm³/mol. The molecule has 1 unspecified atom stereocenters. The SMILES string of the molecule is COc1ccc(CCCCC(CS(=O)(=O)O)S(=O)(=O)O)c(OC)c1OC. The number of hydrogen-bond acceptors (Lipinski definition) is 7. The first-order valence-corrected chi connectivity index (χ1v) is 10.8. The second-order valence-corrected chi connectivity index (χ2v) is 8.82. The molecule has 0 radical (unpaired) electrons. The molecule has 0 fully saturated rings. The normalized spacial score (nSPS) is 13.3. The lowest BCUT2D eigenvalue weighted by atomic mass is 10.0. The summed E-state index contributed by atoms with van der Waals surface area (Å²) in [5, 5.41) is -1.57. The van der Waals surface area contributed by atoms with Crippen molar-refractivity contribution < 1.29 is 40.2 Å². The van der Waals surface area contributed by atoms with Crippen molar-refractivity contribution in [2.75, 3.05) is 27.1 Å². The van der Waals surface area contributed by atoms with Crippen LogP contribution >= 0.6 is 0 Å². The molecular formula is C15H24O9S2. The van der Waals surface area contributed by atoms with Gasteiger partial charge in [-0.3, -0.25) is 9.11 Å². The van der Waals surface area contributed by atoms with E-state index in [1.807, 2.05) is 0 Å². The van der Waals surface area contributed by atoms with E-state index in [1.54, 1.807) is 12.1 Å². The molecule has 0 spiro atoms. The zero-order valence-corrected chi connectivity index (χ0v) is 16.5. The van der Waals surface area contributed by atoms with Crippen LogP contribution in [0, 0.1) is 0 Å². The van der Waals surface area contributed by atoms with E-state index in [0.717, 1.165) is 5.56 Å². The Morgan fingerprint density at radius 1 is 0.923 bits per heavy atom. The van der Waals surface area contributed by atoms with Crippen LogP contribution in [0.3, 0.4) is 0 Å². The van der Waals surface area contributed by atoms with Gasteiger partial charge < -0.3 is 14.2 Å². The lowest BCUT2D eigenvalue weighted by molar-refractivity contribution is 0.322. The Balaban J connectivity index is 2.78. The largest absolute Gasteiger partial charge is 0.493 e. The summed E-state index contributed by atoms with van der Waals surface area (Å²) < 4.78 is 78.1. The molecule has 0 aliphatic heterocycles. The standard InChI is InChI=1S/C15H24O9S2/c1-22-13-9-8-11(14(23-2)15(13)24-3)6-4-5-7-12(26(19,20)21)10-25(16,17)18/h8-9,12H,4-7,10H2,1-3H3,(H,16,17,18)(H,19,20,21). The van der Waals surface area contributed by atoms with E-state index in [1.165, 1.54) is 21.3 Å². The number of aryl methyl sites for hydroxylation is 1. The van der Waals surface area contributed by atoms with Crippen LogP contribution in [0.25, 0.3) is 0 Å². The zero-order valence-electron chi connectivity index (χ0n) is 14.8. The molecule has 0 saturated carbocycles. The van der Waals surface area contributed by atoms with Crippen LogP contribution in [0.5, 0.6) is 17.2 Å². The molecule has 11 heteroatoms. The number of unbranched alkanes of at least 4 members (excludes halogenated alkanes) is 1. The van der Waals surface area contributed by atoms with E-state index in [2.05, 4.69) is 0 Å². The van der Waals surface area contributed by atoms with Gasteiger partial charge in [0, 0.05) is 0 Å². The Hall–Kier alpha value is -1.56. The van der Waals surface area contributed by atoms with E-state index >= 15 is 0 Å². The third-order valence-corrected chi connectivity index (χ3v) is 6.11. The summed E-state index contributed by atoms with van der Waals surface area (Å²) in [5.41, 5.74) is 0.809. The number of methoxy groups -OCH3 is 3. The third-order valence-electron chi connectivity index (χ3n) is 3.83. The van der Waals surface area contributed by atoms with Gasteiger partial charge >= 0.3 is 0 Å². The van der Waals surface area contributed by atoms with Crippen LogP contribution < -0.4 is 14.2 Å². The van der Waals surface area contributed by atoms with Crippen LogP contribution in [0.1, 0.15) is 24.8 Å². The first-order chi connectivity index (χ1) is 12.0. The molecular weight excluding hydrogens is 388 g/mol. The molecule has 0 saturated heterocycles. The average Bonchev–Trinajstić information content (AvgIpc) is 2.54. The fourth-order valence-corrected chi connectivity index (χ4v) is 4.91. The van der Waals surface area contributed by atoms with Crippen LogP contribution in [-0.4, -0.2) is 58.3 Å². The van der Waals surface area contributed by atoms with E-state index in [-0.39, 0.29) is 6.42 Å². The van der Waals surface area contributed by atoms with Crippen LogP contribution in [0.2, 0.25) is 0 Å². The smallest absolute Gasteiger partial charge is 0.268 e. The zero-order chi connectivity index (χ0) is 20.0. The van der Waals surface area contributed by atoms with Gasteiger partial charge in [-0.25, -0.2) is 0 Å². The van der Waals surface area contributed by atoms with Gasteiger partial charge in [-0.1, -0.05) is 12.5 Å². The predicted octanol–water partition coefficient (Wildman–Crippen LogP) is 1.57. The Morgan fingerprint density at radius 3 is 2.00 bits per heavy atom. The molecule has 1 aromatic rings. The summed E-state index contributed by atoms with van der Waals surface area (Å²) in [6.07, 6.45) is 1.22. The van der Waals surface area contributed by atoms with Crippen molar-refractivity contribution in [3.63, 3.8) is 0 Å². The van der Waals surface area contributed by atoms with E-state index in [0.29, 0.717) is 36.5 Å². The minimum absolute atomic E-state index is 0.103. The Bertz CT molecular complexity index is 801. The van der Waals surface area contributed by atoms with Crippen molar-refractivity contribution in [1.82, 2.24) is 0 Å². The molecule has 1 atom stereocenters. The average molecular weight is 412 g/mol. The van der Waals surface area contributed by atoms with E-state index in [9.17, 15) is 16.8 Å². The first-order valence-electron chi connectivity index (χ1n) is 7.72. The van der Waals surface area contributed by atoms with Crippen molar-refractivity contribution in [2.45, 2.75) is 30.9 Å². The molecule has 0 amide bonds. The molecule has 0 heterocycles. The highest BCUT2D eigenvalue weighted by molar-refractivity contribution is 7.90. The highest BCUT2D eigenvalue weighted by Crippen LogP contribution is 2.40. The van der Waals surface area contributed by atoms with Crippen molar-refractivity contribution in [3.05, 3.63) is 17.7 Å². The summed E-state index contributed by atoms with van der Waals surface area (Å²) >= 11 is 0. The summed E-state index contributed by atoms with van der Waals surface area (Å²) in [5.74, 6) is 0.407. The Labute approximate surface area is 153 Å². The third kappa shape index (κ3) is 6.63. The van der Waals surface area contributed by atoms with Gasteiger partial charge in [0.2, 0.25) is 5.75 Å². The maximum atomic E-state index is 11.3. The number of rotatable bonds is 11. The highest BCUT2D eigenvalue weighted by Gasteiger charge is 2.28. The quantitative estimate of drug-likeness (QED) is 0.410.